The van der Waals surface area contributed by atoms with Crippen LogP contribution in [0, 0.1) is 15.9 Å². The Morgan fingerprint density at radius 3 is 2.68 bits per heavy atom. The number of nitro groups is 1. The molecule has 2 aromatic carbocycles. The number of halogens is 1. The third-order valence-corrected chi connectivity index (χ3v) is 3.49. The molecule has 126 valence electrons. The lowest BCUT2D eigenvalue weighted by Crippen LogP contribution is -2.12. The van der Waals surface area contributed by atoms with Crippen LogP contribution in [0.25, 0.3) is 0 Å². The highest BCUT2D eigenvalue weighted by Gasteiger charge is 2.17. The van der Waals surface area contributed by atoms with Gasteiger partial charge in [0, 0.05) is 17.8 Å². The summed E-state index contributed by atoms with van der Waals surface area (Å²) in [7, 11) is 0. The van der Waals surface area contributed by atoms with E-state index in [1.807, 2.05) is 30.3 Å². The number of anilines is 1. The molecular weight excluding hydrogens is 327 g/mol. The molecule has 0 aliphatic carbocycles. The maximum atomic E-state index is 13.6. The van der Waals surface area contributed by atoms with Gasteiger partial charge in [0.15, 0.2) is 0 Å². The van der Waals surface area contributed by atoms with Gasteiger partial charge >= 0.3 is 5.69 Å². The predicted octanol–water partition coefficient (Wildman–Crippen LogP) is 3.23. The summed E-state index contributed by atoms with van der Waals surface area (Å²) < 4.78 is 15.3. The van der Waals surface area contributed by atoms with Crippen LogP contribution in [0.3, 0.4) is 0 Å². The van der Waals surface area contributed by atoms with E-state index in [-0.39, 0.29) is 5.56 Å². The highest BCUT2D eigenvalue weighted by atomic mass is 19.1. The van der Waals surface area contributed by atoms with Gasteiger partial charge in [-0.15, -0.1) is 0 Å². The number of carbonyl (C=O) groups excluding carboxylic acids is 1. The highest BCUT2D eigenvalue weighted by Crippen LogP contribution is 2.19. The number of benzene rings is 2. The standard InChI is InChI=1S/C17H13FN4O3/c18-15-8-13(6-7-16(15)22(24)25)17(23)20-14-9-19-21(11-14)10-12-4-2-1-3-5-12/h1-9,11H,10H2,(H,20,23). The molecule has 1 aromatic heterocycles. The molecule has 0 saturated carbocycles. The van der Waals surface area contributed by atoms with Crippen molar-refractivity contribution >= 4 is 17.3 Å². The zero-order chi connectivity index (χ0) is 17.8. The van der Waals surface area contributed by atoms with E-state index in [4.69, 9.17) is 0 Å². The van der Waals surface area contributed by atoms with Crippen molar-refractivity contribution in [2.45, 2.75) is 6.54 Å². The van der Waals surface area contributed by atoms with Crippen molar-refractivity contribution in [2.75, 3.05) is 5.32 Å². The molecule has 3 aromatic rings. The molecule has 0 bridgehead atoms. The third-order valence-electron chi connectivity index (χ3n) is 3.49. The molecule has 0 unspecified atom stereocenters. The molecule has 1 N–H and O–H groups in total. The third kappa shape index (κ3) is 3.86. The van der Waals surface area contributed by atoms with E-state index < -0.39 is 22.3 Å². The second-order valence-corrected chi connectivity index (χ2v) is 5.29. The van der Waals surface area contributed by atoms with Crippen LogP contribution >= 0.6 is 0 Å². The molecule has 0 fully saturated rings. The van der Waals surface area contributed by atoms with E-state index >= 15 is 0 Å². The number of nitro benzene ring substituents is 1. The Balaban J connectivity index is 1.69. The van der Waals surface area contributed by atoms with Gasteiger partial charge in [0.05, 0.1) is 23.4 Å². The van der Waals surface area contributed by atoms with Crippen molar-refractivity contribution in [1.29, 1.82) is 0 Å². The lowest BCUT2D eigenvalue weighted by molar-refractivity contribution is -0.387. The van der Waals surface area contributed by atoms with E-state index in [2.05, 4.69) is 10.4 Å². The summed E-state index contributed by atoms with van der Waals surface area (Å²) in [5.74, 6) is -1.63. The number of hydrogen-bond donors (Lipinski definition) is 1. The zero-order valence-corrected chi connectivity index (χ0v) is 12.9. The summed E-state index contributed by atoms with van der Waals surface area (Å²) >= 11 is 0. The fourth-order valence-electron chi connectivity index (χ4n) is 2.28. The van der Waals surface area contributed by atoms with Crippen LogP contribution in [0.5, 0.6) is 0 Å². The molecule has 7 nitrogen and oxygen atoms in total. The van der Waals surface area contributed by atoms with Crippen molar-refractivity contribution in [3.63, 3.8) is 0 Å². The second kappa shape index (κ2) is 6.91. The number of amides is 1. The Labute approximate surface area is 141 Å². The molecule has 1 heterocycles. The SMILES string of the molecule is O=C(Nc1cnn(Cc2ccccc2)c1)c1ccc([N+](=O)[O-])c(F)c1. The van der Waals surface area contributed by atoms with E-state index in [1.54, 1.807) is 10.9 Å². The Bertz CT molecular complexity index is 925. The summed E-state index contributed by atoms with van der Waals surface area (Å²) in [6.07, 6.45) is 3.12. The van der Waals surface area contributed by atoms with Gasteiger partial charge in [-0.1, -0.05) is 30.3 Å². The Hall–Kier alpha value is -3.55. The molecule has 0 aliphatic rings. The summed E-state index contributed by atoms with van der Waals surface area (Å²) in [6, 6.07) is 12.7. The Morgan fingerprint density at radius 2 is 2.00 bits per heavy atom. The van der Waals surface area contributed by atoms with Crippen LogP contribution in [-0.2, 0) is 6.54 Å². The number of aromatic nitrogens is 2. The first kappa shape index (κ1) is 16.3. The zero-order valence-electron chi connectivity index (χ0n) is 12.9. The van der Waals surface area contributed by atoms with Crippen molar-refractivity contribution in [2.24, 2.45) is 0 Å². The van der Waals surface area contributed by atoms with Crippen molar-refractivity contribution in [3.05, 3.63) is 88.0 Å². The lowest BCUT2D eigenvalue weighted by Gasteiger charge is -2.03. The summed E-state index contributed by atoms with van der Waals surface area (Å²) in [6.45, 7) is 0.545. The van der Waals surface area contributed by atoms with Gasteiger partial charge < -0.3 is 5.32 Å². The van der Waals surface area contributed by atoms with E-state index in [0.29, 0.717) is 12.2 Å². The number of rotatable bonds is 5. The van der Waals surface area contributed by atoms with Gasteiger partial charge in [0.2, 0.25) is 5.82 Å². The average Bonchev–Trinajstić information content (AvgIpc) is 3.02. The van der Waals surface area contributed by atoms with E-state index in [9.17, 15) is 19.3 Å². The van der Waals surface area contributed by atoms with Gasteiger partial charge in [0.1, 0.15) is 0 Å². The number of nitrogens with one attached hydrogen (secondary N) is 1. The molecule has 3 rings (SSSR count). The first-order valence-corrected chi connectivity index (χ1v) is 7.34. The van der Waals surface area contributed by atoms with Crippen molar-refractivity contribution in [3.8, 4) is 0 Å². The average molecular weight is 340 g/mol. The van der Waals surface area contributed by atoms with Crippen LogP contribution in [0.4, 0.5) is 15.8 Å². The molecule has 0 atom stereocenters. The van der Waals surface area contributed by atoms with Crippen LogP contribution in [0.2, 0.25) is 0 Å². The summed E-state index contributed by atoms with van der Waals surface area (Å²) in [5, 5.41) is 17.3. The van der Waals surface area contributed by atoms with Crippen molar-refractivity contribution < 1.29 is 14.1 Å². The van der Waals surface area contributed by atoms with Gasteiger partial charge in [-0.05, 0) is 17.7 Å². The molecule has 25 heavy (non-hydrogen) atoms. The number of hydrogen-bond acceptors (Lipinski definition) is 4. The number of nitrogens with zero attached hydrogens (tertiary/aromatic N) is 3. The minimum absolute atomic E-state index is 0.0149. The highest BCUT2D eigenvalue weighted by molar-refractivity contribution is 6.04. The van der Waals surface area contributed by atoms with Gasteiger partial charge in [-0.2, -0.15) is 9.49 Å². The number of carbonyl (C=O) groups is 1. The van der Waals surface area contributed by atoms with E-state index in [1.165, 1.54) is 12.3 Å². The topological polar surface area (TPSA) is 90.1 Å². The van der Waals surface area contributed by atoms with Gasteiger partial charge in [0.25, 0.3) is 5.91 Å². The smallest absolute Gasteiger partial charge is 0.304 e. The first-order valence-electron chi connectivity index (χ1n) is 7.34. The predicted molar refractivity (Wildman–Crippen MR) is 88.8 cm³/mol. The fourth-order valence-corrected chi connectivity index (χ4v) is 2.28. The van der Waals surface area contributed by atoms with Crippen LogP contribution in [0.1, 0.15) is 15.9 Å². The molecule has 8 heteroatoms. The molecule has 0 aliphatic heterocycles. The maximum Gasteiger partial charge on any atom is 0.304 e. The lowest BCUT2D eigenvalue weighted by atomic mass is 10.2. The van der Waals surface area contributed by atoms with Crippen molar-refractivity contribution in [1.82, 2.24) is 9.78 Å². The molecule has 1 amide bonds. The summed E-state index contributed by atoms with van der Waals surface area (Å²) in [5.41, 5.74) is 0.812. The minimum atomic E-state index is -1.06. The largest absolute Gasteiger partial charge is 0.319 e. The maximum absolute atomic E-state index is 13.6. The van der Waals surface area contributed by atoms with E-state index in [0.717, 1.165) is 17.7 Å². The molecular formula is C17H13FN4O3. The van der Waals surface area contributed by atoms with Gasteiger partial charge in [-0.25, -0.2) is 0 Å². The molecule has 0 saturated heterocycles. The summed E-state index contributed by atoms with van der Waals surface area (Å²) in [4.78, 5) is 21.9. The molecule has 0 radical (unpaired) electrons. The van der Waals surface area contributed by atoms with Gasteiger partial charge in [-0.3, -0.25) is 19.6 Å². The molecule has 0 spiro atoms. The Kier molecular flexibility index (Phi) is 4.51. The second-order valence-electron chi connectivity index (χ2n) is 5.29. The van der Waals surface area contributed by atoms with Crippen LogP contribution < -0.4 is 5.32 Å². The van der Waals surface area contributed by atoms with Crippen LogP contribution in [-0.4, -0.2) is 20.6 Å². The minimum Gasteiger partial charge on any atom is -0.319 e. The Morgan fingerprint density at radius 1 is 1.24 bits per heavy atom. The first-order chi connectivity index (χ1) is 12.0. The monoisotopic (exact) mass is 340 g/mol. The normalized spacial score (nSPS) is 10.4. The quantitative estimate of drug-likeness (QED) is 0.570. The van der Waals surface area contributed by atoms with Crippen LogP contribution in [0.15, 0.2) is 60.9 Å². The fraction of sp³-hybridized carbons (Fsp3) is 0.0588.